The van der Waals surface area contributed by atoms with Gasteiger partial charge in [0, 0.05) is 34.5 Å². The summed E-state index contributed by atoms with van der Waals surface area (Å²) in [5.74, 6) is 3.14. The molecule has 1 aromatic rings. The second-order valence-corrected chi connectivity index (χ2v) is 5.05. The van der Waals surface area contributed by atoms with Crippen molar-refractivity contribution in [1.82, 2.24) is 9.97 Å². The molecule has 5 heteroatoms. The summed E-state index contributed by atoms with van der Waals surface area (Å²) in [4.78, 5) is 8.26. The van der Waals surface area contributed by atoms with Crippen LogP contribution in [0.1, 0.15) is 12.2 Å². The van der Waals surface area contributed by atoms with E-state index in [-0.39, 0.29) is 0 Å². The van der Waals surface area contributed by atoms with Crippen molar-refractivity contribution in [3.8, 4) is 0 Å². The minimum atomic E-state index is -0.638. The van der Waals surface area contributed by atoms with Crippen molar-refractivity contribution in [2.75, 3.05) is 16.8 Å². The average Bonchev–Trinajstić information content (AvgIpc) is 2.51. The Morgan fingerprint density at radius 3 is 3.14 bits per heavy atom. The van der Waals surface area contributed by atoms with Gasteiger partial charge in [-0.15, -0.1) is 0 Å². The zero-order chi connectivity index (χ0) is 9.97. The van der Waals surface area contributed by atoms with Crippen LogP contribution in [0.4, 0.5) is 5.82 Å². The summed E-state index contributed by atoms with van der Waals surface area (Å²) >= 11 is 0. The zero-order valence-corrected chi connectivity index (χ0v) is 8.88. The second-order valence-electron chi connectivity index (χ2n) is 3.43. The third-order valence-electron chi connectivity index (χ3n) is 2.21. The molecule has 1 aliphatic heterocycles. The number of nitrogens with zero attached hydrogens (tertiary/aromatic N) is 2. The molecule has 0 bridgehead atoms. The number of rotatable bonds is 2. The number of aromatic nitrogens is 2. The molecule has 0 spiro atoms. The lowest BCUT2D eigenvalue weighted by Gasteiger charge is -2.11. The van der Waals surface area contributed by atoms with Gasteiger partial charge in [-0.05, 0) is 19.4 Å². The lowest BCUT2D eigenvalue weighted by atomic mass is 10.2. The van der Waals surface area contributed by atoms with E-state index in [1.165, 1.54) is 0 Å². The molecule has 0 aliphatic carbocycles. The summed E-state index contributed by atoms with van der Waals surface area (Å²) in [7, 11) is -0.638. The Morgan fingerprint density at radius 2 is 2.50 bits per heavy atom. The third kappa shape index (κ3) is 2.29. The van der Waals surface area contributed by atoms with Gasteiger partial charge >= 0.3 is 0 Å². The maximum Gasteiger partial charge on any atom is 0.129 e. The maximum absolute atomic E-state index is 11.1. The van der Waals surface area contributed by atoms with Crippen molar-refractivity contribution in [2.24, 2.45) is 0 Å². The van der Waals surface area contributed by atoms with Gasteiger partial charge in [0.25, 0.3) is 0 Å². The molecule has 1 aliphatic rings. The Bertz CT molecular complexity index is 356. The maximum atomic E-state index is 11.1. The highest BCUT2D eigenvalue weighted by Gasteiger charge is 2.20. The Balaban J connectivity index is 2.00. The Labute approximate surface area is 85.6 Å². The van der Waals surface area contributed by atoms with E-state index in [9.17, 15) is 4.21 Å². The molecule has 76 valence electrons. The van der Waals surface area contributed by atoms with Crippen LogP contribution in [0.5, 0.6) is 0 Å². The molecule has 1 N–H and O–H groups in total. The van der Waals surface area contributed by atoms with Crippen molar-refractivity contribution in [3.63, 3.8) is 0 Å². The number of nitrogens with one attached hydrogen (secondary N) is 1. The van der Waals surface area contributed by atoms with Gasteiger partial charge in [0.05, 0.1) is 0 Å². The second kappa shape index (κ2) is 4.04. The standard InChI is InChI=1S/C9H13N3OS/c1-7-10-4-2-9(11-7)12-8-3-5-14(13)6-8/h2,4,8H,3,5-6H2,1H3,(H,10,11,12). The summed E-state index contributed by atoms with van der Waals surface area (Å²) in [6, 6.07) is 2.15. The minimum absolute atomic E-state index is 0.310. The SMILES string of the molecule is Cc1nccc(NC2CCS(=O)C2)n1. The summed E-state index contributed by atoms with van der Waals surface area (Å²) in [5, 5.41) is 3.27. The van der Waals surface area contributed by atoms with Crippen LogP contribution in [0.15, 0.2) is 12.3 Å². The molecule has 2 unspecified atom stereocenters. The molecule has 14 heavy (non-hydrogen) atoms. The molecule has 2 rings (SSSR count). The number of anilines is 1. The van der Waals surface area contributed by atoms with Gasteiger partial charge in [-0.2, -0.15) is 0 Å². The number of hydrogen-bond donors (Lipinski definition) is 1. The fourth-order valence-electron chi connectivity index (χ4n) is 1.52. The molecule has 2 heterocycles. The first-order valence-electron chi connectivity index (χ1n) is 4.65. The van der Waals surface area contributed by atoms with Gasteiger partial charge < -0.3 is 5.32 Å². The highest BCUT2D eigenvalue weighted by atomic mass is 32.2. The van der Waals surface area contributed by atoms with Crippen LogP contribution >= 0.6 is 0 Å². The molecule has 4 nitrogen and oxygen atoms in total. The predicted octanol–water partition coefficient (Wildman–Crippen LogP) is 0.718. The molecular weight excluding hydrogens is 198 g/mol. The first-order valence-corrected chi connectivity index (χ1v) is 6.14. The Kier molecular flexibility index (Phi) is 2.77. The fraction of sp³-hybridized carbons (Fsp3) is 0.556. The van der Waals surface area contributed by atoms with Gasteiger partial charge in [-0.25, -0.2) is 9.97 Å². The summed E-state index contributed by atoms with van der Waals surface area (Å²) in [6.45, 7) is 1.86. The van der Waals surface area contributed by atoms with Crippen molar-refractivity contribution in [1.29, 1.82) is 0 Å². The molecule has 2 atom stereocenters. The molecule has 0 saturated carbocycles. The predicted molar refractivity (Wildman–Crippen MR) is 56.7 cm³/mol. The van der Waals surface area contributed by atoms with Crippen LogP contribution in [0.3, 0.4) is 0 Å². The molecular formula is C9H13N3OS. The fourth-order valence-corrected chi connectivity index (χ4v) is 2.94. The van der Waals surface area contributed by atoms with E-state index in [1.807, 2.05) is 13.0 Å². The summed E-state index contributed by atoms with van der Waals surface area (Å²) in [6.07, 6.45) is 2.70. The monoisotopic (exact) mass is 211 g/mol. The highest BCUT2D eigenvalue weighted by molar-refractivity contribution is 7.85. The van der Waals surface area contributed by atoms with Gasteiger partial charge in [0.1, 0.15) is 11.6 Å². The Hall–Kier alpha value is -0.970. The van der Waals surface area contributed by atoms with Crippen LogP contribution in [0.2, 0.25) is 0 Å². The van der Waals surface area contributed by atoms with Crippen molar-refractivity contribution < 1.29 is 4.21 Å². The molecule has 1 fully saturated rings. The average molecular weight is 211 g/mol. The largest absolute Gasteiger partial charge is 0.366 e. The van der Waals surface area contributed by atoms with E-state index in [1.54, 1.807) is 6.20 Å². The molecule has 0 aromatic carbocycles. The molecule has 0 amide bonds. The van der Waals surface area contributed by atoms with E-state index in [0.29, 0.717) is 6.04 Å². The third-order valence-corrected chi connectivity index (χ3v) is 3.67. The van der Waals surface area contributed by atoms with E-state index >= 15 is 0 Å². The molecule has 1 aromatic heterocycles. The van der Waals surface area contributed by atoms with Crippen LogP contribution < -0.4 is 5.32 Å². The van der Waals surface area contributed by atoms with Gasteiger partial charge in [-0.1, -0.05) is 0 Å². The van der Waals surface area contributed by atoms with Crippen LogP contribution in [0.25, 0.3) is 0 Å². The topological polar surface area (TPSA) is 54.9 Å². The van der Waals surface area contributed by atoms with E-state index in [2.05, 4.69) is 15.3 Å². The van der Waals surface area contributed by atoms with Crippen LogP contribution in [0, 0.1) is 6.92 Å². The smallest absolute Gasteiger partial charge is 0.129 e. The highest BCUT2D eigenvalue weighted by Crippen LogP contribution is 2.13. The zero-order valence-electron chi connectivity index (χ0n) is 8.06. The van der Waals surface area contributed by atoms with E-state index in [4.69, 9.17) is 0 Å². The van der Waals surface area contributed by atoms with Gasteiger partial charge in [0.15, 0.2) is 0 Å². The number of aryl methyl sites for hydroxylation is 1. The van der Waals surface area contributed by atoms with Gasteiger partial charge in [0.2, 0.25) is 0 Å². The van der Waals surface area contributed by atoms with E-state index < -0.39 is 10.8 Å². The van der Waals surface area contributed by atoms with E-state index in [0.717, 1.165) is 29.6 Å². The molecule has 1 saturated heterocycles. The first-order chi connectivity index (χ1) is 6.74. The van der Waals surface area contributed by atoms with Crippen LogP contribution in [-0.2, 0) is 10.8 Å². The Morgan fingerprint density at radius 1 is 1.64 bits per heavy atom. The summed E-state index contributed by atoms with van der Waals surface area (Å²) < 4.78 is 11.1. The summed E-state index contributed by atoms with van der Waals surface area (Å²) in [5.41, 5.74) is 0. The quantitative estimate of drug-likeness (QED) is 0.783. The van der Waals surface area contributed by atoms with Crippen molar-refractivity contribution in [3.05, 3.63) is 18.1 Å². The first kappa shape index (κ1) is 9.58. The normalized spacial score (nSPS) is 26.4. The molecule has 0 radical (unpaired) electrons. The minimum Gasteiger partial charge on any atom is -0.366 e. The lowest BCUT2D eigenvalue weighted by Crippen LogP contribution is -2.20. The van der Waals surface area contributed by atoms with Crippen molar-refractivity contribution in [2.45, 2.75) is 19.4 Å². The number of hydrogen-bond acceptors (Lipinski definition) is 4. The van der Waals surface area contributed by atoms with Crippen LogP contribution in [-0.4, -0.2) is 31.7 Å². The lowest BCUT2D eigenvalue weighted by molar-refractivity contribution is 0.686. The van der Waals surface area contributed by atoms with Gasteiger partial charge in [-0.3, -0.25) is 4.21 Å². The van der Waals surface area contributed by atoms with Crippen molar-refractivity contribution >= 4 is 16.6 Å².